The Balaban J connectivity index is 2.64. The number of hydrogen-bond acceptors (Lipinski definition) is 4. The van der Waals surface area contributed by atoms with Gasteiger partial charge in [0.1, 0.15) is 12.4 Å². The molecular formula is C10H16N2O2S. The van der Waals surface area contributed by atoms with Crippen molar-refractivity contribution in [2.45, 2.75) is 20.8 Å². The fourth-order valence-corrected chi connectivity index (χ4v) is 1.71. The van der Waals surface area contributed by atoms with Crippen LogP contribution in [0.15, 0.2) is 5.38 Å². The van der Waals surface area contributed by atoms with Crippen molar-refractivity contribution in [1.82, 2.24) is 9.88 Å². The van der Waals surface area contributed by atoms with Gasteiger partial charge in [-0.15, -0.1) is 11.3 Å². The molecule has 0 aliphatic rings. The first-order valence-corrected chi connectivity index (χ1v) is 5.86. The summed E-state index contributed by atoms with van der Waals surface area (Å²) in [6, 6.07) is 0. The van der Waals surface area contributed by atoms with Gasteiger partial charge in [0.25, 0.3) is 5.91 Å². The third-order valence-corrected chi connectivity index (χ3v) is 2.73. The lowest BCUT2D eigenvalue weighted by Gasteiger charge is -2.19. The van der Waals surface area contributed by atoms with Gasteiger partial charge < -0.3 is 9.64 Å². The molecule has 1 aromatic rings. The monoisotopic (exact) mass is 228 g/mol. The Labute approximate surface area is 93.9 Å². The smallest absolute Gasteiger partial charge is 0.275 e. The Bertz CT molecular complexity index is 325. The molecular weight excluding hydrogens is 212 g/mol. The van der Waals surface area contributed by atoms with Crippen LogP contribution in [0.1, 0.15) is 29.3 Å². The minimum Gasteiger partial charge on any atom is -0.361 e. The van der Waals surface area contributed by atoms with Crippen molar-refractivity contribution in [1.29, 1.82) is 0 Å². The highest BCUT2D eigenvalue weighted by Gasteiger charge is 2.16. The molecule has 0 unspecified atom stereocenters. The van der Waals surface area contributed by atoms with Gasteiger partial charge in [-0.1, -0.05) is 0 Å². The van der Waals surface area contributed by atoms with Crippen LogP contribution in [0.25, 0.3) is 0 Å². The van der Waals surface area contributed by atoms with Crippen molar-refractivity contribution in [3.05, 3.63) is 16.1 Å². The summed E-state index contributed by atoms with van der Waals surface area (Å²) in [5.74, 6) is -0.0599. The number of rotatable bonds is 5. The Hall–Kier alpha value is -0.940. The van der Waals surface area contributed by atoms with E-state index in [1.807, 2.05) is 20.8 Å². The van der Waals surface area contributed by atoms with Crippen LogP contribution in [0.5, 0.6) is 0 Å². The summed E-state index contributed by atoms with van der Waals surface area (Å²) in [7, 11) is 0. The van der Waals surface area contributed by atoms with E-state index < -0.39 is 0 Å². The maximum atomic E-state index is 11.9. The van der Waals surface area contributed by atoms with Crippen molar-refractivity contribution in [3.63, 3.8) is 0 Å². The van der Waals surface area contributed by atoms with Gasteiger partial charge in [0.05, 0.1) is 5.01 Å². The zero-order chi connectivity index (χ0) is 11.3. The van der Waals surface area contributed by atoms with Crippen LogP contribution in [-0.4, -0.2) is 35.7 Å². The van der Waals surface area contributed by atoms with E-state index in [2.05, 4.69) is 4.98 Å². The van der Waals surface area contributed by atoms with E-state index in [0.717, 1.165) is 5.01 Å². The second-order valence-corrected chi connectivity index (χ2v) is 4.10. The Morgan fingerprint density at radius 1 is 1.60 bits per heavy atom. The second kappa shape index (κ2) is 5.82. The highest BCUT2D eigenvalue weighted by atomic mass is 32.1. The first kappa shape index (κ1) is 12.1. The van der Waals surface area contributed by atoms with Crippen molar-refractivity contribution >= 4 is 17.2 Å². The SMILES string of the molecule is CCOCN(CC)C(=O)c1csc(C)n1. The molecule has 1 rings (SSSR count). The molecule has 0 saturated heterocycles. The fraction of sp³-hybridized carbons (Fsp3) is 0.600. The van der Waals surface area contributed by atoms with Gasteiger partial charge in [-0.3, -0.25) is 4.79 Å². The Kier molecular flexibility index (Phi) is 4.71. The lowest BCUT2D eigenvalue weighted by molar-refractivity contribution is 0.0298. The second-order valence-electron chi connectivity index (χ2n) is 3.03. The zero-order valence-corrected chi connectivity index (χ0v) is 10.1. The van der Waals surface area contributed by atoms with Gasteiger partial charge in [0.15, 0.2) is 0 Å². The molecule has 1 aromatic heterocycles. The van der Waals surface area contributed by atoms with E-state index in [0.29, 0.717) is 25.6 Å². The highest BCUT2D eigenvalue weighted by molar-refractivity contribution is 7.09. The largest absolute Gasteiger partial charge is 0.361 e. The molecule has 84 valence electrons. The molecule has 0 aliphatic heterocycles. The average Bonchev–Trinajstić information content (AvgIpc) is 2.65. The van der Waals surface area contributed by atoms with Crippen LogP contribution >= 0.6 is 11.3 Å². The van der Waals surface area contributed by atoms with Crippen molar-refractivity contribution < 1.29 is 9.53 Å². The van der Waals surface area contributed by atoms with Gasteiger partial charge in [-0.05, 0) is 20.8 Å². The van der Waals surface area contributed by atoms with Gasteiger partial charge >= 0.3 is 0 Å². The van der Waals surface area contributed by atoms with Crippen LogP contribution in [0.4, 0.5) is 0 Å². The first-order chi connectivity index (χ1) is 7.19. The van der Waals surface area contributed by atoms with Gasteiger partial charge in [-0.25, -0.2) is 4.98 Å². The molecule has 15 heavy (non-hydrogen) atoms. The summed E-state index contributed by atoms with van der Waals surface area (Å²) in [4.78, 5) is 17.7. The third kappa shape index (κ3) is 3.28. The molecule has 0 bridgehead atoms. The number of carbonyl (C=O) groups is 1. The number of nitrogens with zero attached hydrogens (tertiary/aromatic N) is 2. The topological polar surface area (TPSA) is 42.4 Å². The zero-order valence-electron chi connectivity index (χ0n) is 9.32. The van der Waals surface area contributed by atoms with Gasteiger partial charge in [0.2, 0.25) is 0 Å². The van der Waals surface area contributed by atoms with Crippen molar-refractivity contribution in [3.8, 4) is 0 Å². The molecule has 0 saturated carbocycles. The molecule has 5 heteroatoms. The minimum absolute atomic E-state index is 0.0599. The minimum atomic E-state index is -0.0599. The average molecular weight is 228 g/mol. The fourth-order valence-electron chi connectivity index (χ4n) is 1.12. The van der Waals surface area contributed by atoms with Crippen LogP contribution < -0.4 is 0 Å². The van der Waals surface area contributed by atoms with Gasteiger partial charge in [0, 0.05) is 18.5 Å². The number of aromatic nitrogens is 1. The number of thiazole rings is 1. The van der Waals surface area contributed by atoms with E-state index in [1.165, 1.54) is 11.3 Å². The molecule has 1 amide bonds. The maximum absolute atomic E-state index is 11.9. The van der Waals surface area contributed by atoms with E-state index >= 15 is 0 Å². The predicted molar refractivity (Wildman–Crippen MR) is 60.1 cm³/mol. The van der Waals surface area contributed by atoms with Crippen LogP contribution in [0.3, 0.4) is 0 Å². The van der Waals surface area contributed by atoms with E-state index in [1.54, 1.807) is 10.3 Å². The predicted octanol–water partition coefficient (Wildman–Crippen LogP) is 1.91. The number of ether oxygens (including phenoxy) is 1. The summed E-state index contributed by atoms with van der Waals surface area (Å²) < 4.78 is 5.22. The summed E-state index contributed by atoms with van der Waals surface area (Å²) in [6.07, 6.45) is 0. The summed E-state index contributed by atoms with van der Waals surface area (Å²) in [5.41, 5.74) is 0.513. The lowest BCUT2D eigenvalue weighted by Crippen LogP contribution is -2.33. The maximum Gasteiger partial charge on any atom is 0.275 e. The van der Waals surface area contributed by atoms with E-state index in [-0.39, 0.29) is 5.91 Å². The van der Waals surface area contributed by atoms with Crippen LogP contribution in [-0.2, 0) is 4.74 Å². The normalized spacial score (nSPS) is 10.3. The molecule has 1 heterocycles. The molecule has 0 N–H and O–H groups in total. The first-order valence-electron chi connectivity index (χ1n) is 4.98. The molecule has 0 radical (unpaired) electrons. The number of aryl methyl sites for hydroxylation is 1. The van der Waals surface area contributed by atoms with Crippen LogP contribution in [0.2, 0.25) is 0 Å². The summed E-state index contributed by atoms with van der Waals surface area (Å²) in [6.45, 7) is 7.30. The Morgan fingerprint density at radius 2 is 2.33 bits per heavy atom. The molecule has 0 aromatic carbocycles. The van der Waals surface area contributed by atoms with Crippen LogP contribution in [0, 0.1) is 6.92 Å². The molecule has 0 fully saturated rings. The lowest BCUT2D eigenvalue weighted by atomic mass is 10.4. The van der Waals surface area contributed by atoms with E-state index in [4.69, 9.17) is 4.74 Å². The van der Waals surface area contributed by atoms with E-state index in [9.17, 15) is 4.79 Å². The van der Waals surface area contributed by atoms with Crippen molar-refractivity contribution in [2.75, 3.05) is 19.9 Å². The number of hydrogen-bond donors (Lipinski definition) is 0. The quantitative estimate of drug-likeness (QED) is 0.723. The third-order valence-electron chi connectivity index (χ3n) is 1.96. The molecule has 4 nitrogen and oxygen atoms in total. The molecule has 0 spiro atoms. The number of amides is 1. The highest BCUT2D eigenvalue weighted by Crippen LogP contribution is 2.10. The molecule has 0 aliphatic carbocycles. The standard InChI is InChI=1S/C10H16N2O2S/c1-4-12(7-14-5-2)10(13)9-6-15-8(3)11-9/h6H,4-5,7H2,1-3H3. The van der Waals surface area contributed by atoms with Crippen molar-refractivity contribution in [2.24, 2.45) is 0 Å². The Morgan fingerprint density at radius 3 is 2.80 bits per heavy atom. The summed E-state index contributed by atoms with van der Waals surface area (Å²) >= 11 is 1.49. The van der Waals surface area contributed by atoms with Gasteiger partial charge in [-0.2, -0.15) is 0 Å². The molecule has 0 atom stereocenters. The number of carbonyl (C=O) groups excluding carboxylic acids is 1. The summed E-state index contributed by atoms with van der Waals surface area (Å²) in [5, 5.41) is 2.69.